The van der Waals surface area contributed by atoms with Gasteiger partial charge in [-0.05, 0) is 45.1 Å². The molecule has 2 amide bonds. The Hall–Kier alpha value is -1.56. The molecule has 1 saturated heterocycles. The van der Waals surface area contributed by atoms with E-state index < -0.39 is 11.0 Å². The van der Waals surface area contributed by atoms with Crippen molar-refractivity contribution in [2.45, 2.75) is 46.1 Å². The Morgan fingerprint density at radius 2 is 1.92 bits per heavy atom. The Bertz CT molecular complexity index is 636. The zero-order valence-electron chi connectivity index (χ0n) is 15.3. The number of likely N-dealkylation sites (tertiary alicyclic amines) is 1. The second kappa shape index (κ2) is 7.36. The van der Waals surface area contributed by atoms with Crippen molar-refractivity contribution in [3.8, 4) is 0 Å². The monoisotopic (exact) mass is 410 g/mol. The molecule has 1 fully saturated rings. The maximum atomic E-state index is 12.4. The molecule has 1 unspecified atom stereocenters. The Morgan fingerprint density at radius 3 is 2.44 bits per heavy atom. The SMILES string of the molecule is CC1C=CC=C(C2(C(N)=O)CCN(C(=O)OC(C)(C)C)CC2)C(Br)=C1. The lowest BCUT2D eigenvalue weighted by Gasteiger charge is -2.41. The summed E-state index contributed by atoms with van der Waals surface area (Å²) >= 11 is 3.61. The number of rotatable bonds is 2. The summed E-state index contributed by atoms with van der Waals surface area (Å²) in [5.41, 5.74) is 5.40. The van der Waals surface area contributed by atoms with Crippen LogP contribution in [0.5, 0.6) is 0 Å². The molecule has 1 aliphatic heterocycles. The van der Waals surface area contributed by atoms with E-state index in [1.807, 2.05) is 32.9 Å². The summed E-state index contributed by atoms with van der Waals surface area (Å²) in [5.74, 6) is -0.0780. The van der Waals surface area contributed by atoms with Crippen LogP contribution < -0.4 is 5.73 Å². The van der Waals surface area contributed by atoms with Gasteiger partial charge in [0.25, 0.3) is 0 Å². The third-order valence-corrected chi connectivity index (χ3v) is 5.29. The third kappa shape index (κ3) is 4.54. The molecule has 1 atom stereocenters. The quantitative estimate of drug-likeness (QED) is 0.749. The molecule has 25 heavy (non-hydrogen) atoms. The molecule has 2 N–H and O–H groups in total. The minimum absolute atomic E-state index is 0.273. The summed E-state index contributed by atoms with van der Waals surface area (Å²) in [7, 11) is 0. The van der Waals surface area contributed by atoms with Gasteiger partial charge in [-0.1, -0.05) is 47.2 Å². The van der Waals surface area contributed by atoms with E-state index in [1.54, 1.807) is 4.90 Å². The lowest BCUT2D eigenvalue weighted by Crippen LogP contribution is -2.50. The maximum absolute atomic E-state index is 12.4. The van der Waals surface area contributed by atoms with Crippen LogP contribution in [0.1, 0.15) is 40.5 Å². The van der Waals surface area contributed by atoms with E-state index in [-0.39, 0.29) is 17.9 Å². The van der Waals surface area contributed by atoms with Gasteiger partial charge in [0.15, 0.2) is 0 Å². The second-order valence-electron chi connectivity index (χ2n) is 7.75. The molecular weight excluding hydrogens is 384 g/mol. The summed E-state index contributed by atoms with van der Waals surface area (Å²) in [6.45, 7) is 8.48. The number of carbonyl (C=O) groups excluding carboxylic acids is 2. The summed E-state index contributed by atoms with van der Waals surface area (Å²) < 4.78 is 6.33. The van der Waals surface area contributed by atoms with E-state index in [0.29, 0.717) is 25.9 Å². The smallest absolute Gasteiger partial charge is 0.410 e. The summed E-state index contributed by atoms with van der Waals surface area (Å²) in [6, 6.07) is 0. The van der Waals surface area contributed by atoms with Gasteiger partial charge in [0.1, 0.15) is 5.60 Å². The zero-order valence-corrected chi connectivity index (χ0v) is 16.9. The second-order valence-corrected chi connectivity index (χ2v) is 8.61. The standard InChI is InChI=1S/C19H27BrN2O3/c1-13-6-5-7-14(15(20)12-13)19(16(21)23)8-10-22(11-9-19)17(24)25-18(2,3)4/h5-7,12-13H,8-11H2,1-4H3,(H2,21,23). The Balaban J connectivity index is 2.21. The first-order valence-electron chi connectivity index (χ1n) is 8.60. The number of amides is 2. The van der Waals surface area contributed by atoms with Crippen molar-refractivity contribution < 1.29 is 14.3 Å². The van der Waals surface area contributed by atoms with Crippen molar-refractivity contribution in [2.75, 3.05) is 13.1 Å². The van der Waals surface area contributed by atoms with Crippen molar-refractivity contribution >= 4 is 27.9 Å². The van der Waals surface area contributed by atoms with Gasteiger partial charge in [0.2, 0.25) is 5.91 Å². The molecule has 0 aromatic carbocycles. The molecule has 0 bridgehead atoms. The number of ether oxygens (including phenoxy) is 1. The Kier molecular flexibility index (Phi) is 5.82. The van der Waals surface area contributed by atoms with Gasteiger partial charge in [0, 0.05) is 17.6 Å². The van der Waals surface area contributed by atoms with Crippen LogP contribution in [-0.4, -0.2) is 35.6 Å². The van der Waals surface area contributed by atoms with E-state index in [4.69, 9.17) is 10.5 Å². The first-order chi connectivity index (χ1) is 11.5. The van der Waals surface area contributed by atoms with Crippen LogP contribution in [0.25, 0.3) is 0 Å². The van der Waals surface area contributed by atoms with Gasteiger partial charge in [-0.2, -0.15) is 0 Å². The molecule has 2 rings (SSSR count). The van der Waals surface area contributed by atoms with Crippen molar-refractivity contribution in [3.63, 3.8) is 0 Å². The van der Waals surface area contributed by atoms with Crippen LogP contribution in [0.15, 0.2) is 34.4 Å². The van der Waals surface area contributed by atoms with Crippen molar-refractivity contribution in [2.24, 2.45) is 17.1 Å². The molecule has 0 saturated carbocycles. The average molecular weight is 411 g/mol. The molecule has 0 aromatic heterocycles. The predicted octanol–water partition coefficient (Wildman–Crippen LogP) is 3.90. The van der Waals surface area contributed by atoms with Crippen LogP contribution >= 0.6 is 15.9 Å². The number of hydrogen-bond donors (Lipinski definition) is 1. The highest BCUT2D eigenvalue weighted by molar-refractivity contribution is 9.12. The average Bonchev–Trinajstić information content (AvgIpc) is 2.66. The van der Waals surface area contributed by atoms with Gasteiger partial charge in [-0.3, -0.25) is 4.79 Å². The number of primary amides is 1. The van der Waals surface area contributed by atoms with Crippen molar-refractivity contribution in [3.05, 3.63) is 34.4 Å². The first-order valence-corrected chi connectivity index (χ1v) is 9.39. The maximum Gasteiger partial charge on any atom is 0.410 e. The number of nitrogens with zero attached hydrogens (tertiary/aromatic N) is 1. The molecule has 5 nitrogen and oxygen atoms in total. The molecule has 1 aliphatic carbocycles. The first kappa shape index (κ1) is 19.8. The number of hydrogen-bond acceptors (Lipinski definition) is 3. The molecule has 2 aliphatic rings. The van der Waals surface area contributed by atoms with Crippen LogP contribution in [0.2, 0.25) is 0 Å². The van der Waals surface area contributed by atoms with Gasteiger partial charge >= 0.3 is 6.09 Å². The lowest BCUT2D eigenvalue weighted by atomic mass is 9.71. The number of nitrogens with two attached hydrogens (primary N) is 1. The highest BCUT2D eigenvalue weighted by Crippen LogP contribution is 2.44. The molecule has 0 radical (unpaired) electrons. The molecule has 1 heterocycles. The van der Waals surface area contributed by atoms with E-state index in [1.165, 1.54) is 0 Å². The third-order valence-electron chi connectivity index (χ3n) is 4.60. The topological polar surface area (TPSA) is 72.6 Å². The fraction of sp³-hybridized carbons (Fsp3) is 0.579. The van der Waals surface area contributed by atoms with Crippen LogP contribution in [0.4, 0.5) is 4.79 Å². The van der Waals surface area contributed by atoms with E-state index >= 15 is 0 Å². The van der Waals surface area contributed by atoms with Crippen LogP contribution in [-0.2, 0) is 9.53 Å². The summed E-state index contributed by atoms with van der Waals surface area (Å²) in [5, 5.41) is 0. The van der Waals surface area contributed by atoms with Crippen LogP contribution in [0, 0.1) is 11.3 Å². The number of allylic oxidation sites excluding steroid dienone is 5. The van der Waals surface area contributed by atoms with E-state index in [2.05, 4.69) is 35.0 Å². The fourth-order valence-electron chi connectivity index (χ4n) is 3.22. The van der Waals surface area contributed by atoms with Crippen molar-refractivity contribution in [1.82, 2.24) is 4.90 Å². The molecular formula is C19H27BrN2O3. The van der Waals surface area contributed by atoms with Crippen molar-refractivity contribution in [1.29, 1.82) is 0 Å². The largest absolute Gasteiger partial charge is 0.444 e. The van der Waals surface area contributed by atoms with E-state index in [0.717, 1.165) is 10.1 Å². The number of piperidine rings is 1. The Morgan fingerprint density at radius 1 is 1.32 bits per heavy atom. The Labute approximate surface area is 158 Å². The minimum Gasteiger partial charge on any atom is -0.444 e. The normalized spacial score (nSPS) is 23.4. The van der Waals surface area contributed by atoms with Gasteiger partial charge < -0.3 is 15.4 Å². The molecule has 0 spiro atoms. The summed E-state index contributed by atoms with van der Waals surface area (Å²) in [6.07, 6.45) is 8.69. The highest BCUT2D eigenvalue weighted by Gasteiger charge is 2.45. The minimum atomic E-state index is -0.776. The molecule has 6 heteroatoms. The fourth-order valence-corrected chi connectivity index (χ4v) is 4.15. The van der Waals surface area contributed by atoms with E-state index in [9.17, 15) is 9.59 Å². The zero-order chi connectivity index (χ0) is 18.8. The summed E-state index contributed by atoms with van der Waals surface area (Å²) in [4.78, 5) is 26.3. The molecule has 0 aromatic rings. The predicted molar refractivity (Wildman–Crippen MR) is 102 cm³/mol. The van der Waals surface area contributed by atoms with Gasteiger partial charge in [-0.15, -0.1) is 0 Å². The van der Waals surface area contributed by atoms with Crippen LogP contribution in [0.3, 0.4) is 0 Å². The lowest BCUT2D eigenvalue weighted by molar-refractivity contribution is -0.127. The molecule has 138 valence electrons. The van der Waals surface area contributed by atoms with Gasteiger partial charge in [0.05, 0.1) is 5.41 Å². The highest BCUT2D eigenvalue weighted by atomic mass is 79.9. The number of halogens is 1. The van der Waals surface area contributed by atoms with Gasteiger partial charge in [-0.25, -0.2) is 4.79 Å². The number of carbonyl (C=O) groups is 2.